The summed E-state index contributed by atoms with van der Waals surface area (Å²) in [6, 6.07) is 6.25. The Labute approximate surface area is 133 Å². The number of nitrogens with zero attached hydrogens (tertiary/aromatic N) is 3. The number of aromatic nitrogens is 3. The summed E-state index contributed by atoms with van der Waals surface area (Å²) in [5.74, 6) is -1.16. The van der Waals surface area contributed by atoms with E-state index in [4.69, 9.17) is 34.8 Å². The third kappa shape index (κ3) is 2.33. The molecule has 2 heterocycles. The van der Waals surface area contributed by atoms with E-state index in [9.17, 15) is 9.90 Å². The van der Waals surface area contributed by atoms with Gasteiger partial charge >= 0.3 is 5.97 Å². The topological polar surface area (TPSA) is 68.0 Å². The molecule has 0 radical (unpaired) electrons. The Morgan fingerprint density at radius 2 is 1.86 bits per heavy atom. The van der Waals surface area contributed by atoms with Crippen LogP contribution in [0.1, 0.15) is 10.5 Å². The fourth-order valence-corrected chi connectivity index (χ4v) is 2.98. The van der Waals surface area contributed by atoms with Gasteiger partial charge in [-0.25, -0.2) is 14.5 Å². The molecule has 0 aliphatic carbocycles. The molecule has 21 heavy (non-hydrogen) atoms. The van der Waals surface area contributed by atoms with Gasteiger partial charge < -0.3 is 5.11 Å². The molecule has 0 aliphatic rings. The lowest BCUT2D eigenvalue weighted by Gasteiger charge is -2.08. The number of carbonyl (C=O) groups is 1. The van der Waals surface area contributed by atoms with E-state index >= 15 is 0 Å². The van der Waals surface area contributed by atoms with Crippen molar-refractivity contribution >= 4 is 51.8 Å². The fourth-order valence-electron chi connectivity index (χ4n) is 2.00. The minimum absolute atomic E-state index is 0.125. The summed E-state index contributed by atoms with van der Waals surface area (Å²) < 4.78 is 1.31. The third-order valence-corrected chi connectivity index (χ3v) is 3.63. The second-order valence-corrected chi connectivity index (χ2v) is 5.41. The molecule has 5 nitrogen and oxygen atoms in total. The highest BCUT2D eigenvalue weighted by Crippen LogP contribution is 2.34. The SMILES string of the molecule is O=C(O)c1nn(-c2c(Cl)cc(Cl)cc2Cl)c2ncccc12. The molecule has 0 bridgehead atoms. The normalized spacial score (nSPS) is 11.0. The second kappa shape index (κ2) is 5.18. The maximum Gasteiger partial charge on any atom is 0.357 e. The maximum absolute atomic E-state index is 11.3. The number of hydrogen-bond donors (Lipinski definition) is 1. The zero-order chi connectivity index (χ0) is 15.1. The summed E-state index contributed by atoms with van der Waals surface area (Å²) in [6.45, 7) is 0. The number of aromatic carboxylic acids is 1. The van der Waals surface area contributed by atoms with E-state index in [0.717, 1.165) is 0 Å². The molecule has 0 fully saturated rings. The summed E-state index contributed by atoms with van der Waals surface area (Å²) in [4.78, 5) is 15.4. The molecule has 0 unspecified atom stereocenters. The number of halogens is 3. The van der Waals surface area contributed by atoms with Gasteiger partial charge in [-0.2, -0.15) is 5.10 Å². The number of fused-ring (bicyclic) bond motifs is 1. The van der Waals surface area contributed by atoms with Crippen LogP contribution in [0.3, 0.4) is 0 Å². The standard InChI is InChI=1S/C13H6Cl3N3O2/c14-6-4-8(15)11(9(16)5-6)19-12-7(2-1-3-17-12)10(18-19)13(20)21/h1-5H,(H,20,21). The molecule has 0 amide bonds. The van der Waals surface area contributed by atoms with Crippen LogP contribution in [0.25, 0.3) is 16.7 Å². The molecule has 0 atom stereocenters. The van der Waals surface area contributed by atoms with E-state index < -0.39 is 5.97 Å². The van der Waals surface area contributed by atoms with Crippen LogP contribution in [0.4, 0.5) is 0 Å². The quantitative estimate of drug-likeness (QED) is 0.762. The predicted octanol–water partition coefficient (Wildman–Crippen LogP) is 4.08. The van der Waals surface area contributed by atoms with Gasteiger partial charge in [0.1, 0.15) is 5.69 Å². The Morgan fingerprint density at radius 3 is 2.48 bits per heavy atom. The Kier molecular flexibility index (Phi) is 3.49. The largest absolute Gasteiger partial charge is 0.476 e. The van der Waals surface area contributed by atoms with Crippen LogP contribution in [-0.2, 0) is 0 Å². The van der Waals surface area contributed by atoms with E-state index in [1.807, 2.05) is 0 Å². The molecule has 1 N–H and O–H groups in total. The van der Waals surface area contributed by atoms with Gasteiger partial charge in [-0.1, -0.05) is 34.8 Å². The van der Waals surface area contributed by atoms with E-state index in [1.54, 1.807) is 12.1 Å². The Hall–Kier alpha value is -1.82. The van der Waals surface area contributed by atoms with Crippen molar-refractivity contribution in [2.24, 2.45) is 0 Å². The highest BCUT2D eigenvalue weighted by atomic mass is 35.5. The van der Waals surface area contributed by atoms with Crippen LogP contribution < -0.4 is 0 Å². The number of rotatable bonds is 2. The van der Waals surface area contributed by atoms with E-state index in [2.05, 4.69) is 10.1 Å². The van der Waals surface area contributed by atoms with Crippen molar-refractivity contribution in [3.05, 3.63) is 51.2 Å². The van der Waals surface area contributed by atoms with Gasteiger partial charge in [0.25, 0.3) is 0 Å². The maximum atomic E-state index is 11.3. The minimum Gasteiger partial charge on any atom is -0.476 e. The van der Waals surface area contributed by atoms with Crippen molar-refractivity contribution < 1.29 is 9.90 Å². The number of pyridine rings is 1. The Morgan fingerprint density at radius 1 is 1.19 bits per heavy atom. The molecular formula is C13H6Cl3N3O2. The van der Waals surface area contributed by atoms with Crippen molar-refractivity contribution in [1.29, 1.82) is 0 Å². The van der Waals surface area contributed by atoms with Gasteiger partial charge in [-0.3, -0.25) is 0 Å². The lowest BCUT2D eigenvalue weighted by molar-refractivity contribution is 0.0692. The molecule has 1 aromatic carbocycles. The van der Waals surface area contributed by atoms with Crippen molar-refractivity contribution in [3.63, 3.8) is 0 Å². The van der Waals surface area contributed by atoms with Crippen molar-refractivity contribution in [1.82, 2.24) is 14.8 Å². The van der Waals surface area contributed by atoms with Crippen molar-refractivity contribution in [2.45, 2.75) is 0 Å². The van der Waals surface area contributed by atoms with Gasteiger partial charge in [0.05, 0.1) is 15.4 Å². The van der Waals surface area contributed by atoms with Gasteiger partial charge in [0.2, 0.25) is 0 Å². The van der Waals surface area contributed by atoms with E-state index in [-0.39, 0.29) is 15.7 Å². The summed E-state index contributed by atoms with van der Waals surface area (Å²) in [7, 11) is 0. The monoisotopic (exact) mass is 341 g/mol. The van der Waals surface area contributed by atoms with Gasteiger partial charge in [-0.15, -0.1) is 0 Å². The minimum atomic E-state index is -1.16. The molecule has 2 aromatic heterocycles. The van der Waals surface area contributed by atoms with Crippen LogP contribution >= 0.6 is 34.8 Å². The number of hydrogen-bond acceptors (Lipinski definition) is 3. The molecule has 0 saturated heterocycles. The third-order valence-electron chi connectivity index (χ3n) is 2.84. The molecule has 8 heteroatoms. The molecule has 3 rings (SSSR count). The number of carboxylic acids is 1. The lowest BCUT2D eigenvalue weighted by atomic mass is 10.2. The van der Waals surface area contributed by atoms with Gasteiger partial charge in [0.15, 0.2) is 11.3 Å². The summed E-state index contributed by atoms with van der Waals surface area (Å²) in [5, 5.41) is 14.6. The average molecular weight is 343 g/mol. The first-order valence-corrected chi connectivity index (χ1v) is 6.84. The van der Waals surface area contributed by atoms with Crippen LogP contribution in [0.15, 0.2) is 30.5 Å². The van der Waals surface area contributed by atoms with Gasteiger partial charge in [-0.05, 0) is 24.3 Å². The molecular weight excluding hydrogens is 337 g/mol. The van der Waals surface area contributed by atoms with Gasteiger partial charge in [0, 0.05) is 11.2 Å². The molecule has 3 aromatic rings. The van der Waals surface area contributed by atoms with Crippen LogP contribution in [0.5, 0.6) is 0 Å². The molecule has 0 saturated carbocycles. The summed E-state index contributed by atoms with van der Waals surface area (Å²) >= 11 is 18.2. The first kappa shape index (κ1) is 14.1. The first-order chi connectivity index (χ1) is 9.99. The molecule has 0 aliphatic heterocycles. The zero-order valence-corrected chi connectivity index (χ0v) is 12.5. The summed E-state index contributed by atoms with van der Waals surface area (Å²) in [5.41, 5.74) is 0.556. The number of carboxylic acid groups (broad SMARTS) is 1. The predicted molar refractivity (Wildman–Crippen MR) is 80.9 cm³/mol. The number of benzene rings is 1. The Balaban J connectivity index is 2.39. The first-order valence-electron chi connectivity index (χ1n) is 5.71. The summed E-state index contributed by atoms with van der Waals surface area (Å²) in [6.07, 6.45) is 1.53. The smallest absolute Gasteiger partial charge is 0.357 e. The van der Waals surface area contributed by atoms with Crippen LogP contribution in [-0.4, -0.2) is 25.8 Å². The van der Waals surface area contributed by atoms with E-state index in [0.29, 0.717) is 21.7 Å². The molecule has 0 spiro atoms. The van der Waals surface area contributed by atoms with Crippen LogP contribution in [0.2, 0.25) is 15.1 Å². The van der Waals surface area contributed by atoms with Crippen molar-refractivity contribution in [2.75, 3.05) is 0 Å². The van der Waals surface area contributed by atoms with Crippen LogP contribution in [0, 0.1) is 0 Å². The fraction of sp³-hybridized carbons (Fsp3) is 0. The second-order valence-electron chi connectivity index (χ2n) is 4.16. The highest BCUT2D eigenvalue weighted by molar-refractivity contribution is 6.40. The average Bonchev–Trinajstić information content (AvgIpc) is 2.78. The lowest BCUT2D eigenvalue weighted by Crippen LogP contribution is -2.03. The zero-order valence-electron chi connectivity index (χ0n) is 10.2. The Bertz CT molecular complexity index is 853. The van der Waals surface area contributed by atoms with E-state index in [1.165, 1.54) is 23.0 Å². The highest BCUT2D eigenvalue weighted by Gasteiger charge is 2.21. The molecule has 106 valence electrons. The van der Waals surface area contributed by atoms with Crippen molar-refractivity contribution in [3.8, 4) is 5.69 Å².